The molecular weight excluding hydrogens is 372 g/mol. The van der Waals surface area contributed by atoms with E-state index in [1.54, 1.807) is 0 Å². The average molecular weight is 421 g/mol. The predicted octanol–water partition coefficient (Wildman–Crippen LogP) is 8.45. The number of rotatable bonds is 2. The van der Waals surface area contributed by atoms with E-state index < -0.39 is 0 Å². The lowest BCUT2D eigenvalue weighted by molar-refractivity contribution is 0.202. The van der Waals surface area contributed by atoms with Crippen molar-refractivity contribution in [2.75, 3.05) is 0 Å². The van der Waals surface area contributed by atoms with E-state index in [-0.39, 0.29) is 15.6 Å². The first-order chi connectivity index (χ1) is 12.9. The highest BCUT2D eigenvalue weighted by Gasteiger charge is 2.31. The summed E-state index contributed by atoms with van der Waals surface area (Å²) in [5.41, 5.74) is 3.26. The van der Waals surface area contributed by atoms with Gasteiger partial charge < -0.3 is 5.11 Å². The van der Waals surface area contributed by atoms with Gasteiger partial charge in [-0.3, -0.25) is 0 Å². The highest BCUT2D eigenvalue weighted by molar-refractivity contribution is 7.81. The molecule has 168 valence electrons. The fourth-order valence-corrected chi connectivity index (χ4v) is 4.67. The van der Waals surface area contributed by atoms with Gasteiger partial charge in [0.15, 0.2) is 0 Å². The van der Waals surface area contributed by atoms with Crippen molar-refractivity contribution >= 4 is 12.6 Å². The standard InChI is InChI=1S/C15H24O.C12H24S/c1-10-8-11(14(2,3)4)13(16)12(9-10)15(5,6)7;1-9(2)10-5-7-11(8-6-10)12(3,4)13/h8-9,16H,1-7H3;9-11,13H,5-8H2,1-4H3. The molecule has 1 aliphatic carbocycles. The van der Waals surface area contributed by atoms with Crippen LogP contribution in [0.5, 0.6) is 5.75 Å². The molecule has 0 aliphatic heterocycles. The maximum atomic E-state index is 10.4. The molecule has 1 aromatic carbocycles. The van der Waals surface area contributed by atoms with Crippen LogP contribution in [0.2, 0.25) is 0 Å². The second-order valence-corrected chi connectivity index (χ2v) is 13.4. The first-order valence-corrected chi connectivity index (χ1v) is 12.0. The Hall–Kier alpha value is -0.630. The zero-order chi connectivity index (χ0) is 22.8. The minimum Gasteiger partial charge on any atom is -0.507 e. The number of aromatic hydroxyl groups is 1. The lowest BCUT2D eigenvalue weighted by Gasteiger charge is -2.37. The number of aryl methyl sites for hydroxylation is 1. The van der Waals surface area contributed by atoms with Crippen molar-refractivity contribution in [1.82, 2.24) is 0 Å². The van der Waals surface area contributed by atoms with Crippen LogP contribution in [-0.4, -0.2) is 9.85 Å². The number of benzene rings is 1. The van der Waals surface area contributed by atoms with Crippen LogP contribution in [0.1, 0.15) is 112 Å². The molecule has 0 spiro atoms. The van der Waals surface area contributed by atoms with E-state index >= 15 is 0 Å². The summed E-state index contributed by atoms with van der Waals surface area (Å²) in [4.78, 5) is 0. The molecule has 1 saturated carbocycles. The van der Waals surface area contributed by atoms with E-state index in [1.807, 2.05) is 0 Å². The third-order valence-electron chi connectivity index (χ3n) is 6.58. The Balaban J connectivity index is 0.000000296. The summed E-state index contributed by atoms with van der Waals surface area (Å²) in [6.07, 6.45) is 5.62. The molecular formula is C27H48OS. The minimum atomic E-state index is -0.0178. The summed E-state index contributed by atoms with van der Waals surface area (Å²) in [5, 5.41) is 10.4. The summed E-state index contributed by atoms with van der Waals surface area (Å²) in [6, 6.07) is 4.18. The molecule has 0 heterocycles. The highest BCUT2D eigenvalue weighted by Crippen LogP contribution is 2.41. The van der Waals surface area contributed by atoms with Crippen LogP contribution in [0.25, 0.3) is 0 Å². The molecule has 0 amide bonds. The fraction of sp³-hybridized carbons (Fsp3) is 0.778. The Bertz CT molecular complexity index is 610. The molecule has 1 aliphatic rings. The fourth-order valence-electron chi connectivity index (χ4n) is 4.41. The van der Waals surface area contributed by atoms with Gasteiger partial charge in [0.05, 0.1) is 0 Å². The lowest BCUT2D eigenvalue weighted by atomic mass is 9.73. The highest BCUT2D eigenvalue weighted by atomic mass is 32.1. The number of hydrogen-bond donors (Lipinski definition) is 2. The van der Waals surface area contributed by atoms with Crippen LogP contribution in [0.3, 0.4) is 0 Å². The summed E-state index contributed by atoms with van der Waals surface area (Å²) >= 11 is 4.68. The molecule has 0 aromatic heterocycles. The zero-order valence-corrected chi connectivity index (χ0v) is 22.0. The van der Waals surface area contributed by atoms with E-state index in [2.05, 4.69) is 101 Å². The van der Waals surface area contributed by atoms with Gasteiger partial charge in [0, 0.05) is 4.75 Å². The Morgan fingerprint density at radius 2 is 1.21 bits per heavy atom. The molecule has 1 nitrogen and oxygen atoms in total. The van der Waals surface area contributed by atoms with Crippen LogP contribution in [0.15, 0.2) is 12.1 Å². The first-order valence-electron chi connectivity index (χ1n) is 11.5. The molecule has 1 fully saturated rings. The topological polar surface area (TPSA) is 20.2 Å². The Kier molecular flexibility index (Phi) is 8.80. The monoisotopic (exact) mass is 420 g/mol. The van der Waals surface area contributed by atoms with Gasteiger partial charge in [-0.1, -0.05) is 86.9 Å². The second-order valence-electron chi connectivity index (χ2n) is 12.2. The van der Waals surface area contributed by atoms with E-state index in [4.69, 9.17) is 0 Å². The SMILES string of the molecule is CC(C)C1CCC(C(C)(C)S)CC1.Cc1cc(C(C)(C)C)c(O)c(C(C)(C)C)c1. The Morgan fingerprint density at radius 1 is 0.828 bits per heavy atom. The van der Waals surface area contributed by atoms with Gasteiger partial charge in [0.2, 0.25) is 0 Å². The van der Waals surface area contributed by atoms with E-state index in [9.17, 15) is 5.11 Å². The third kappa shape index (κ3) is 7.85. The number of thiol groups is 1. The van der Waals surface area contributed by atoms with Crippen molar-refractivity contribution < 1.29 is 5.11 Å². The number of hydrogen-bond acceptors (Lipinski definition) is 2. The quantitative estimate of drug-likeness (QED) is 0.460. The van der Waals surface area contributed by atoms with Gasteiger partial charge in [-0.15, -0.1) is 0 Å². The summed E-state index contributed by atoms with van der Waals surface area (Å²) < 4.78 is 0.238. The average Bonchev–Trinajstić information content (AvgIpc) is 2.54. The van der Waals surface area contributed by atoms with Gasteiger partial charge in [-0.25, -0.2) is 0 Å². The van der Waals surface area contributed by atoms with Crippen molar-refractivity contribution in [2.24, 2.45) is 17.8 Å². The Morgan fingerprint density at radius 3 is 1.48 bits per heavy atom. The molecule has 2 rings (SSSR count). The van der Waals surface area contributed by atoms with Crippen molar-refractivity contribution in [3.8, 4) is 5.75 Å². The zero-order valence-electron chi connectivity index (χ0n) is 21.1. The minimum absolute atomic E-state index is 0.0178. The lowest BCUT2D eigenvalue weighted by Crippen LogP contribution is -2.30. The molecule has 0 unspecified atom stereocenters. The van der Waals surface area contributed by atoms with E-state index in [0.29, 0.717) is 5.75 Å². The molecule has 29 heavy (non-hydrogen) atoms. The normalized spacial score (nSPS) is 21.0. The molecule has 1 aromatic rings. The molecule has 0 saturated heterocycles. The van der Waals surface area contributed by atoms with Crippen LogP contribution in [0.4, 0.5) is 0 Å². The van der Waals surface area contributed by atoms with Crippen LogP contribution in [0, 0.1) is 24.7 Å². The first kappa shape index (κ1) is 26.4. The van der Waals surface area contributed by atoms with Gasteiger partial charge in [-0.05, 0) is 72.3 Å². The Labute approximate surface area is 187 Å². The van der Waals surface area contributed by atoms with Crippen LogP contribution >= 0.6 is 12.6 Å². The van der Waals surface area contributed by atoms with Crippen LogP contribution in [-0.2, 0) is 10.8 Å². The molecule has 0 radical (unpaired) electrons. The van der Waals surface area contributed by atoms with Gasteiger partial charge >= 0.3 is 0 Å². The van der Waals surface area contributed by atoms with Crippen molar-refractivity contribution in [3.63, 3.8) is 0 Å². The van der Waals surface area contributed by atoms with Crippen molar-refractivity contribution in [1.29, 1.82) is 0 Å². The maximum Gasteiger partial charge on any atom is 0.123 e. The van der Waals surface area contributed by atoms with Crippen molar-refractivity contribution in [2.45, 2.75) is 117 Å². The third-order valence-corrected chi connectivity index (χ3v) is 6.95. The summed E-state index contributed by atoms with van der Waals surface area (Å²) in [5.74, 6) is 3.16. The van der Waals surface area contributed by atoms with E-state index in [1.165, 1.54) is 31.2 Å². The predicted molar refractivity (Wildman–Crippen MR) is 134 cm³/mol. The summed E-state index contributed by atoms with van der Waals surface area (Å²) in [7, 11) is 0. The molecule has 0 bridgehead atoms. The molecule has 2 heteroatoms. The van der Waals surface area contributed by atoms with E-state index in [0.717, 1.165) is 28.9 Å². The largest absolute Gasteiger partial charge is 0.507 e. The van der Waals surface area contributed by atoms with Gasteiger partial charge in [-0.2, -0.15) is 12.6 Å². The summed E-state index contributed by atoms with van der Waals surface area (Å²) in [6.45, 7) is 24.1. The smallest absolute Gasteiger partial charge is 0.123 e. The number of phenols is 1. The van der Waals surface area contributed by atoms with Gasteiger partial charge in [0.1, 0.15) is 5.75 Å². The van der Waals surface area contributed by atoms with Crippen LogP contribution < -0.4 is 0 Å². The maximum absolute atomic E-state index is 10.4. The second kappa shape index (κ2) is 9.67. The number of phenolic OH excluding ortho intramolecular Hbond substituents is 1. The van der Waals surface area contributed by atoms with Gasteiger partial charge in [0.25, 0.3) is 0 Å². The molecule has 0 atom stereocenters. The molecule has 1 N–H and O–H groups in total. The van der Waals surface area contributed by atoms with Crippen molar-refractivity contribution in [3.05, 3.63) is 28.8 Å².